The van der Waals surface area contributed by atoms with E-state index in [0.717, 1.165) is 24.1 Å². The number of aryl methyl sites for hydroxylation is 2. The van der Waals surface area contributed by atoms with Gasteiger partial charge in [-0.15, -0.1) is 11.3 Å². The molecule has 0 spiro atoms. The average Bonchev–Trinajstić information content (AvgIpc) is 2.93. The molecule has 1 aromatic carbocycles. The van der Waals surface area contributed by atoms with Crippen LogP contribution in [0, 0.1) is 0 Å². The zero-order chi connectivity index (χ0) is 16.7. The molecule has 6 nitrogen and oxygen atoms in total. The van der Waals surface area contributed by atoms with Gasteiger partial charge in [0.2, 0.25) is 0 Å². The highest BCUT2D eigenvalue weighted by Gasteiger charge is 2.07. The lowest BCUT2D eigenvalue weighted by molar-refractivity contribution is -0.136. The number of carboxylic acid groups (broad SMARTS) is 1. The number of amides is 2. The normalized spacial score (nSPS) is 10.3. The molecular formula is C16H19N3O3S. The molecule has 0 saturated carbocycles. The lowest BCUT2D eigenvalue weighted by Crippen LogP contribution is -2.19. The van der Waals surface area contributed by atoms with Crippen molar-refractivity contribution in [3.63, 3.8) is 0 Å². The summed E-state index contributed by atoms with van der Waals surface area (Å²) >= 11 is 1.39. The molecule has 0 unspecified atom stereocenters. The molecule has 0 aliphatic carbocycles. The number of urea groups is 1. The van der Waals surface area contributed by atoms with Gasteiger partial charge in [0, 0.05) is 17.5 Å². The Kier molecular flexibility index (Phi) is 6.10. The number of nitrogens with zero attached hydrogens (tertiary/aromatic N) is 1. The number of benzene rings is 1. The molecule has 7 heteroatoms. The summed E-state index contributed by atoms with van der Waals surface area (Å²) in [6.07, 6.45) is 2.40. The minimum Gasteiger partial charge on any atom is -0.481 e. The van der Waals surface area contributed by atoms with Gasteiger partial charge in [-0.25, -0.2) is 9.78 Å². The van der Waals surface area contributed by atoms with Gasteiger partial charge in [0.05, 0.1) is 5.69 Å². The molecule has 0 aliphatic heterocycles. The Morgan fingerprint density at radius 3 is 2.83 bits per heavy atom. The van der Waals surface area contributed by atoms with Gasteiger partial charge in [-0.3, -0.25) is 10.1 Å². The van der Waals surface area contributed by atoms with E-state index >= 15 is 0 Å². The van der Waals surface area contributed by atoms with Crippen molar-refractivity contribution in [3.8, 4) is 0 Å². The van der Waals surface area contributed by atoms with Crippen molar-refractivity contribution in [3.05, 3.63) is 40.9 Å². The minimum atomic E-state index is -0.840. The van der Waals surface area contributed by atoms with Gasteiger partial charge in [-0.1, -0.05) is 25.5 Å². The highest BCUT2D eigenvalue weighted by Crippen LogP contribution is 2.17. The van der Waals surface area contributed by atoms with Gasteiger partial charge in [-0.05, 0) is 30.5 Å². The molecule has 0 saturated heterocycles. The highest BCUT2D eigenvalue weighted by atomic mass is 32.1. The van der Waals surface area contributed by atoms with Crippen molar-refractivity contribution in [2.75, 3.05) is 10.6 Å². The first kappa shape index (κ1) is 17.0. The van der Waals surface area contributed by atoms with Gasteiger partial charge in [0.1, 0.15) is 0 Å². The smallest absolute Gasteiger partial charge is 0.325 e. The van der Waals surface area contributed by atoms with Crippen molar-refractivity contribution < 1.29 is 14.7 Å². The molecule has 23 heavy (non-hydrogen) atoms. The molecule has 0 aliphatic rings. The van der Waals surface area contributed by atoms with Crippen LogP contribution in [0.4, 0.5) is 15.6 Å². The minimum absolute atomic E-state index is 0.0645. The van der Waals surface area contributed by atoms with Crippen molar-refractivity contribution in [1.82, 2.24) is 4.98 Å². The maximum Gasteiger partial charge on any atom is 0.325 e. The van der Waals surface area contributed by atoms with Crippen LogP contribution in [0.2, 0.25) is 0 Å². The number of aliphatic carboxylic acids is 1. The predicted molar refractivity (Wildman–Crippen MR) is 91.1 cm³/mol. The average molecular weight is 333 g/mol. The van der Waals surface area contributed by atoms with Crippen molar-refractivity contribution in [2.45, 2.75) is 32.6 Å². The first-order chi connectivity index (χ1) is 11.1. The van der Waals surface area contributed by atoms with Gasteiger partial charge < -0.3 is 10.4 Å². The second-order valence-corrected chi connectivity index (χ2v) is 5.93. The first-order valence-corrected chi connectivity index (χ1v) is 8.28. The Morgan fingerprint density at radius 1 is 1.26 bits per heavy atom. The maximum absolute atomic E-state index is 12.0. The number of aromatic nitrogens is 1. The van der Waals surface area contributed by atoms with Crippen LogP contribution >= 0.6 is 11.3 Å². The summed E-state index contributed by atoms with van der Waals surface area (Å²) in [5.74, 6) is -0.840. The van der Waals surface area contributed by atoms with E-state index in [2.05, 4.69) is 22.5 Å². The zero-order valence-corrected chi connectivity index (χ0v) is 13.7. The van der Waals surface area contributed by atoms with Gasteiger partial charge >= 0.3 is 12.0 Å². The molecule has 0 fully saturated rings. The third-order valence-electron chi connectivity index (χ3n) is 3.09. The number of nitrogens with one attached hydrogen (secondary N) is 2. The standard InChI is InChI=1S/C16H19N3O3S/c1-2-4-13-10-23-16(18-13)19-15(22)17-12-6-3-5-11(9-12)7-8-14(20)21/h3,5-6,9-10H,2,4,7-8H2,1H3,(H,20,21)(H2,17,18,19,22). The fourth-order valence-corrected chi connectivity index (χ4v) is 2.79. The third-order valence-corrected chi connectivity index (χ3v) is 3.90. The van der Waals surface area contributed by atoms with E-state index in [0.29, 0.717) is 17.2 Å². The summed E-state index contributed by atoms with van der Waals surface area (Å²) < 4.78 is 0. The Labute approximate surface area is 138 Å². The van der Waals surface area contributed by atoms with Gasteiger partial charge in [0.25, 0.3) is 0 Å². The Bertz CT molecular complexity index is 685. The fourth-order valence-electron chi connectivity index (χ4n) is 2.05. The molecule has 0 bridgehead atoms. The lowest BCUT2D eigenvalue weighted by atomic mass is 10.1. The molecular weight excluding hydrogens is 314 g/mol. The lowest BCUT2D eigenvalue weighted by Gasteiger charge is -2.07. The first-order valence-electron chi connectivity index (χ1n) is 7.40. The maximum atomic E-state index is 12.0. The summed E-state index contributed by atoms with van der Waals surface area (Å²) in [4.78, 5) is 26.9. The quantitative estimate of drug-likeness (QED) is 0.719. The Morgan fingerprint density at radius 2 is 2.09 bits per heavy atom. The summed E-state index contributed by atoms with van der Waals surface area (Å²) in [5.41, 5.74) is 2.46. The molecule has 0 radical (unpaired) electrons. The number of carboxylic acids is 1. The largest absolute Gasteiger partial charge is 0.481 e. The van der Waals surface area contributed by atoms with Crippen LogP contribution in [0.15, 0.2) is 29.6 Å². The van der Waals surface area contributed by atoms with E-state index in [9.17, 15) is 9.59 Å². The molecule has 1 heterocycles. The summed E-state index contributed by atoms with van der Waals surface area (Å²) in [6, 6.07) is 6.79. The highest BCUT2D eigenvalue weighted by molar-refractivity contribution is 7.13. The van der Waals surface area contributed by atoms with E-state index in [4.69, 9.17) is 5.11 Å². The number of hydrogen-bond donors (Lipinski definition) is 3. The van der Waals surface area contributed by atoms with E-state index in [1.165, 1.54) is 11.3 Å². The summed E-state index contributed by atoms with van der Waals surface area (Å²) in [6.45, 7) is 2.08. The molecule has 0 atom stereocenters. The van der Waals surface area contributed by atoms with Crippen LogP contribution in [0.3, 0.4) is 0 Å². The Hall–Kier alpha value is -2.41. The topological polar surface area (TPSA) is 91.3 Å². The molecule has 1 aromatic heterocycles. The van der Waals surface area contributed by atoms with Crippen LogP contribution in [0.1, 0.15) is 31.0 Å². The van der Waals surface area contributed by atoms with E-state index in [1.807, 2.05) is 11.4 Å². The molecule has 2 rings (SSSR count). The van der Waals surface area contributed by atoms with E-state index < -0.39 is 5.97 Å². The summed E-state index contributed by atoms with van der Waals surface area (Å²) in [7, 11) is 0. The third kappa shape index (κ3) is 5.71. The SMILES string of the molecule is CCCc1csc(NC(=O)Nc2cccc(CCC(=O)O)c2)n1. The predicted octanol–water partition coefficient (Wildman–Crippen LogP) is 3.76. The van der Waals surface area contributed by atoms with Gasteiger partial charge in [0.15, 0.2) is 5.13 Å². The molecule has 122 valence electrons. The number of carbonyl (C=O) groups excluding carboxylic acids is 1. The van der Waals surface area contributed by atoms with Crippen LogP contribution in [0.25, 0.3) is 0 Å². The monoisotopic (exact) mass is 333 g/mol. The van der Waals surface area contributed by atoms with Crippen LogP contribution in [0.5, 0.6) is 0 Å². The number of rotatable bonds is 7. The zero-order valence-electron chi connectivity index (χ0n) is 12.8. The molecule has 3 N–H and O–H groups in total. The second-order valence-electron chi connectivity index (χ2n) is 5.07. The van der Waals surface area contributed by atoms with E-state index in [-0.39, 0.29) is 12.5 Å². The van der Waals surface area contributed by atoms with E-state index in [1.54, 1.807) is 18.2 Å². The fraction of sp³-hybridized carbons (Fsp3) is 0.312. The number of carbonyl (C=O) groups is 2. The van der Waals surface area contributed by atoms with Gasteiger partial charge in [-0.2, -0.15) is 0 Å². The van der Waals surface area contributed by atoms with Crippen molar-refractivity contribution in [1.29, 1.82) is 0 Å². The van der Waals surface area contributed by atoms with Crippen molar-refractivity contribution in [2.24, 2.45) is 0 Å². The number of anilines is 2. The van der Waals surface area contributed by atoms with Crippen LogP contribution < -0.4 is 10.6 Å². The summed E-state index contributed by atoms with van der Waals surface area (Å²) in [5, 5.41) is 16.6. The number of hydrogen-bond acceptors (Lipinski definition) is 4. The molecule has 2 amide bonds. The second kappa shape index (κ2) is 8.28. The van der Waals surface area contributed by atoms with Crippen LogP contribution in [-0.2, 0) is 17.6 Å². The van der Waals surface area contributed by atoms with Crippen molar-refractivity contribution >= 4 is 34.2 Å². The number of thiazole rings is 1. The molecule has 2 aromatic rings. The van der Waals surface area contributed by atoms with Crippen LogP contribution in [-0.4, -0.2) is 22.1 Å². The Balaban J connectivity index is 1.91.